The van der Waals surface area contributed by atoms with E-state index in [-0.39, 0.29) is 27.9 Å². The number of nitrogens with zero attached hydrogens (tertiary/aromatic N) is 5. The van der Waals surface area contributed by atoms with Crippen LogP contribution in [-0.2, 0) is 6.42 Å². The van der Waals surface area contributed by atoms with Crippen molar-refractivity contribution in [3.8, 4) is 0 Å². The first-order chi connectivity index (χ1) is 12.3. The van der Waals surface area contributed by atoms with Crippen LogP contribution in [0.4, 0.5) is 19.0 Å². The summed E-state index contributed by atoms with van der Waals surface area (Å²) < 4.78 is 43.4. The van der Waals surface area contributed by atoms with Crippen LogP contribution in [0.1, 0.15) is 22.9 Å². The van der Waals surface area contributed by atoms with Gasteiger partial charge in [0, 0.05) is 17.8 Å². The van der Waals surface area contributed by atoms with Crippen molar-refractivity contribution in [1.82, 2.24) is 19.6 Å². The number of rotatable bonds is 2. The van der Waals surface area contributed by atoms with E-state index in [1.54, 1.807) is 6.92 Å². The van der Waals surface area contributed by atoms with Gasteiger partial charge in [-0.2, -0.15) is 27.8 Å². The summed E-state index contributed by atoms with van der Waals surface area (Å²) in [5.74, 6) is 0.626. The van der Waals surface area contributed by atoms with Crippen molar-refractivity contribution in [3.05, 3.63) is 51.4 Å². The molecular formula is C16H12Cl2F3N5. The first-order valence-electron chi connectivity index (χ1n) is 7.75. The molecule has 3 aromatic rings. The molecule has 3 heterocycles. The number of alkyl halides is 3. The van der Waals surface area contributed by atoms with E-state index < -0.39 is 12.2 Å². The highest BCUT2D eigenvalue weighted by Gasteiger charge is 2.48. The molecule has 0 N–H and O–H groups in total. The van der Waals surface area contributed by atoms with Crippen LogP contribution in [0.15, 0.2) is 24.5 Å². The largest absolute Gasteiger partial charge is 0.413 e. The first-order valence-corrected chi connectivity index (χ1v) is 8.50. The van der Waals surface area contributed by atoms with E-state index in [1.165, 1.54) is 33.9 Å². The molecule has 0 unspecified atom stereocenters. The monoisotopic (exact) mass is 401 g/mol. The van der Waals surface area contributed by atoms with Crippen LogP contribution >= 0.6 is 23.2 Å². The van der Waals surface area contributed by atoms with Crippen molar-refractivity contribution in [3.63, 3.8) is 0 Å². The first kappa shape index (κ1) is 17.4. The SMILES string of the molecule is Cc1nc2ncnn2c2c1CCN2[C@H](c1ccc(Cl)c(Cl)c1)C(F)(F)F. The minimum Gasteiger partial charge on any atom is -0.340 e. The fraction of sp³-hybridized carbons (Fsp3) is 0.312. The predicted octanol–water partition coefficient (Wildman–Crippen LogP) is 4.41. The molecule has 0 amide bonds. The molecule has 136 valence electrons. The molecule has 10 heteroatoms. The molecule has 0 saturated carbocycles. The Bertz CT molecular complexity index is 1000. The number of halogens is 5. The Labute approximate surface area is 156 Å². The number of fused-ring (bicyclic) bond motifs is 3. The number of aryl methyl sites for hydroxylation is 1. The third kappa shape index (κ3) is 2.68. The van der Waals surface area contributed by atoms with E-state index in [2.05, 4.69) is 15.1 Å². The summed E-state index contributed by atoms with van der Waals surface area (Å²) in [6.07, 6.45) is -2.80. The standard InChI is InChI=1S/C16H12Cl2F3N5/c1-8-10-4-5-25(14(10)26-15(24-8)22-7-23-26)13(16(19,20)21)9-2-3-11(17)12(18)6-9/h2-3,6-7,13H,4-5H2,1H3/t13-/m1/s1. The summed E-state index contributed by atoms with van der Waals surface area (Å²) in [6, 6.07) is 2.09. The topological polar surface area (TPSA) is 46.3 Å². The number of anilines is 1. The maximum absolute atomic E-state index is 14.0. The molecule has 26 heavy (non-hydrogen) atoms. The lowest BCUT2D eigenvalue weighted by Crippen LogP contribution is -2.38. The summed E-state index contributed by atoms with van der Waals surface area (Å²) in [6.45, 7) is 1.94. The average molecular weight is 402 g/mol. The number of hydrogen-bond donors (Lipinski definition) is 0. The van der Waals surface area contributed by atoms with Crippen LogP contribution < -0.4 is 4.90 Å². The van der Waals surface area contributed by atoms with Crippen molar-refractivity contribution < 1.29 is 13.2 Å². The molecule has 1 atom stereocenters. The summed E-state index contributed by atoms with van der Waals surface area (Å²) in [7, 11) is 0. The second-order valence-electron chi connectivity index (χ2n) is 6.03. The van der Waals surface area contributed by atoms with E-state index in [0.717, 1.165) is 5.56 Å². The highest BCUT2D eigenvalue weighted by atomic mass is 35.5. The molecule has 1 aromatic carbocycles. The number of benzene rings is 1. The summed E-state index contributed by atoms with van der Waals surface area (Å²) >= 11 is 11.8. The third-order valence-electron chi connectivity index (χ3n) is 4.46. The third-order valence-corrected chi connectivity index (χ3v) is 5.20. The minimum atomic E-state index is -4.52. The molecule has 0 spiro atoms. The zero-order valence-corrected chi connectivity index (χ0v) is 14.9. The normalized spacial score (nSPS) is 15.5. The van der Waals surface area contributed by atoms with E-state index in [4.69, 9.17) is 23.2 Å². The second kappa shape index (κ2) is 5.99. The molecule has 4 rings (SSSR count). The van der Waals surface area contributed by atoms with Gasteiger partial charge in [-0.1, -0.05) is 29.3 Å². The van der Waals surface area contributed by atoms with Gasteiger partial charge in [0.2, 0.25) is 0 Å². The van der Waals surface area contributed by atoms with Gasteiger partial charge < -0.3 is 4.90 Å². The second-order valence-corrected chi connectivity index (χ2v) is 6.85. The Balaban J connectivity index is 1.91. The fourth-order valence-corrected chi connectivity index (χ4v) is 3.68. The maximum atomic E-state index is 14.0. The summed E-state index contributed by atoms with van der Waals surface area (Å²) in [5, 5.41) is 4.34. The maximum Gasteiger partial charge on any atom is 0.413 e. The van der Waals surface area contributed by atoms with Gasteiger partial charge in [-0.05, 0) is 31.0 Å². The number of aromatic nitrogens is 4. The Hall–Kier alpha value is -2.06. The van der Waals surface area contributed by atoms with E-state index in [9.17, 15) is 13.2 Å². The highest BCUT2D eigenvalue weighted by Crippen LogP contribution is 2.45. The molecule has 0 bridgehead atoms. The predicted molar refractivity (Wildman–Crippen MR) is 91.8 cm³/mol. The zero-order chi connectivity index (χ0) is 18.6. The molecule has 2 aromatic heterocycles. The van der Waals surface area contributed by atoms with E-state index >= 15 is 0 Å². The lowest BCUT2D eigenvalue weighted by molar-refractivity contribution is -0.150. The Morgan fingerprint density at radius 1 is 1.19 bits per heavy atom. The van der Waals surface area contributed by atoms with Gasteiger partial charge in [0.25, 0.3) is 5.78 Å². The smallest absolute Gasteiger partial charge is 0.340 e. The van der Waals surface area contributed by atoms with Crippen molar-refractivity contribution in [2.45, 2.75) is 25.6 Å². The van der Waals surface area contributed by atoms with Gasteiger partial charge in [-0.15, -0.1) is 0 Å². The van der Waals surface area contributed by atoms with Crippen molar-refractivity contribution in [1.29, 1.82) is 0 Å². The molecule has 0 saturated heterocycles. The molecule has 0 aliphatic carbocycles. The van der Waals surface area contributed by atoms with Crippen LogP contribution in [0.2, 0.25) is 10.0 Å². The quantitative estimate of drug-likeness (QED) is 0.638. The van der Waals surface area contributed by atoms with Crippen molar-refractivity contribution in [2.75, 3.05) is 11.4 Å². The molecule has 0 radical (unpaired) electrons. The Kier molecular flexibility index (Phi) is 4.00. The molecule has 0 fully saturated rings. The van der Waals surface area contributed by atoms with Gasteiger partial charge in [0.15, 0.2) is 6.04 Å². The number of hydrogen-bond acceptors (Lipinski definition) is 4. The minimum absolute atomic E-state index is 0.0162. The van der Waals surface area contributed by atoms with Gasteiger partial charge in [0.05, 0.1) is 10.0 Å². The molecule has 5 nitrogen and oxygen atoms in total. The Morgan fingerprint density at radius 2 is 1.96 bits per heavy atom. The van der Waals surface area contributed by atoms with Crippen LogP contribution in [0, 0.1) is 6.92 Å². The molecular weight excluding hydrogens is 390 g/mol. The van der Waals surface area contributed by atoms with E-state index in [0.29, 0.717) is 17.9 Å². The van der Waals surface area contributed by atoms with Crippen LogP contribution in [0.3, 0.4) is 0 Å². The average Bonchev–Trinajstić information content (AvgIpc) is 3.16. The van der Waals surface area contributed by atoms with Crippen LogP contribution in [-0.4, -0.2) is 32.3 Å². The van der Waals surface area contributed by atoms with Crippen molar-refractivity contribution in [2.24, 2.45) is 0 Å². The van der Waals surface area contributed by atoms with E-state index in [1.807, 2.05) is 0 Å². The summed E-state index contributed by atoms with van der Waals surface area (Å²) in [5.41, 5.74) is 1.40. The summed E-state index contributed by atoms with van der Waals surface area (Å²) in [4.78, 5) is 9.59. The lowest BCUT2D eigenvalue weighted by atomic mass is 10.1. The fourth-order valence-electron chi connectivity index (χ4n) is 3.37. The zero-order valence-electron chi connectivity index (χ0n) is 13.4. The van der Waals surface area contributed by atoms with Crippen molar-refractivity contribution >= 4 is 34.8 Å². The van der Waals surface area contributed by atoms with Gasteiger partial charge in [-0.3, -0.25) is 0 Å². The van der Waals surface area contributed by atoms with Gasteiger partial charge in [0.1, 0.15) is 12.1 Å². The van der Waals surface area contributed by atoms with Gasteiger partial charge in [-0.25, -0.2) is 4.98 Å². The van der Waals surface area contributed by atoms with Crippen LogP contribution in [0.5, 0.6) is 0 Å². The molecule has 1 aliphatic heterocycles. The van der Waals surface area contributed by atoms with Gasteiger partial charge >= 0.3 is 6.18 Å². The van der Waals surface area contributed by atoms with Crippen LogP contribution in [0.25, 0.3) is 5.78 Å². The molecule has 1 aliphatic rings. The highest BCUT2D eigenvalue weighted by molar-refractivity contribution is 6.42. The Morgan fingerprint density at radius 3 is 2.65 bits per heavy atom. The lowest BCUT2D eigenvalue weighted by Gasteiger charge is -2.32.